The summed E-state index contributed by atoms with van der Waals surface area (Å²) >= 11 is 0. The molecule has 0 radical (unpaired) electrons. The zero-order valence-electron chi connectivity index (χ0n) is 7.84. The van der Waals surface area contributed by atoms with Gasteiger partial charge in [0.25, 0.3) is 0 Å². The van der Waals surface area contributed by atoms with Crippen molar-refractivity contribution in [3.8, 4) is 0 Å². The van der Waals surface area contributed by atoms with Gasteiger partial charge in [0.05, 0.1) is 0 Å². The van der Waals surface area contributed by atoms with E-state index in [0.717, 1.165) is 13.0 Å². The maximum Gasteiger partial charge on any atom is 0.110 e. The van der Waals surface area contributed by atoms with Gasteiger partial charge in [-0.15, -0.1) is 0 Å². The molecule has 0 aliphatic carbocycles. The SMILES string of the molecule is CCC1OCCCN1C(C)C. The Hall–Kier alpha value is -0.0800. The minimum Gasteiger partial charge on any atom is -0.363 e. The van der Waals surface area contributed by atoms with E-state index in [0.29, 0.717) is 12.3 Å². The summed E-state index contributed by atoms with van der Waals surface area (Å²) in [6, 6.07) is 0.625. The fraction of sp³-hybridized carbons (Fsp3) is 1.00. The molecule has 66 valence electrons. The zero-order valence-corrected chi connectivity index (χ0v) is 7.84. The van der Waals surface area contributed by atoms with E-state index in [1.165, 1.54) is 13.0 Å². The van der Waals surface area contributed by atoms with Crippen molar-refractivity contribution in [2.75, 3.05) is 13.2 Å². The van der Waals surface area contributed by atoms with E-state index < -0.39 is 0 Å². The molecule has 0 N–H and O–H groups in total. The summed E-state index contributed by atoms with van der Waals surface area (Å²) in [5.74, 6) is 0. The van der Waals surface area contributed by atoms with Crippen LogP contribution in [0.2, 0.25) is 0 Å². The van der Waals surface area contributed by atoms with Crippen molar-refractivity contribution in [3.05, 3.63) is 0 Å². The lowest BCUT2D eigenvalue weighted by atomic mass is 10.2. The topological polar surface area (TPSA) is 12.5 Å². The highest BCUT2D eigenvalue weighted by Gasteiger charge is 2.22. The van der Waals surface area contributed by atoms with Crippen LogP contribution < -0.4 is 0 Å². The van der Waals surface area contributed by atoms with Crippen LogP contribution in [0.4, 0.5) is 0 Å². The fourth-order valence-electron chi connectivity index (χ4n) is 1.65. The van der Waals surface area contributed by atoms with Crippen LogP contribution in [0.15, 0.2) is 0 Å². The predicted octanol–water partition coefficient (Wildman–Crippen LogP) is 1.85. The van der Waals surface area contributed by atoms with E-state index in [-0.39, 0.29) is 0 Å². The van der Waals surface area contributed by atoms with Crippen molar-refractivity contribution < 1.29 is 4.74 Å². The Labute approximate surface area is 69.5 Å². The molecule has 1 saturated heterocycles. The number of hydrogen-bond acceptors (Lipinski definition) is 2. The van der Waals surface area contributed by atoms with Crippen LogP contribution in [-0.2, 0) is 4.74 Å². The van der Waals surface area contributed by atoms with Gasteiger partial charge in [0.2, 0.25) is 0 Å². The van der Waals surface area contributed by atoms with E-state index in [1.807, 2.05) is 0 Å². The van der Waals surface area contributed by atoms with Crippen molar-refractivity contribution in [1.82, 2.24) is 4.90 Å². The Balaban J connectivity index is 2.44. The summed E-state index contributed by atoms with van der Waals surface area (Å²) in [6.07, 6.45) is 2.68. The maximum atomic E-state index is 5.63. The third kappa shape index (κ3) is 2.17. The number of nitrogens with zero attached hydrogens (tertiary/aromatic N) is 1. The fourth-order valence-corrected chi connectivity index (χ4v) is 1.65. The highest BCUT2D eigenvalue weighted by atomic mass is 16.5. The molecule has 0 aromatic heterocycles. The first kappa shape index (κ1) is 9.01. The molecular weight excluding hydrogens is 138 g/mol. The lowest BCUT2D eigenvalue weighted by molar-refractivity contribution is -0.109. The lowest BCUT2D eigenvalue weighted by Gasteiger charge is -2.37. The first-order valence-electron chi connectivity index (χ1n) is 4.63. The minimum atomic E-state index is 0.378. The normalized spacial score (nSPS) is 27.8. The Morgan fingerprint density at radius 2 is 2.27 bits per heavy atom. The summed E-state index contributed by atoms with van der Waals surface area (Å²) in [5, 5.41) is 0. The van der Waals surface area contributed by atoms with E-state index in [4.69, 9.17) is 4.74 Å². The molecular formula is C9H19NO. The van der Waals surface area contributed by atoms with E-state index in [9.17, 15) is 0 Å². The largest absolute Gasteiger partial charge is 0.363 e. The van der Waals surface area contributed by atoms with Crippen LogP contribution >= 0.6 is 0 Å². The summed E-state index contributed by atoms with van der Waals surface area (Å²) in [4.78, 5) is 2.43. The monoisotopic (exact) mass is 157 g/mol. The third-order valence-electron chi connectivity index (χ3n) is 2.25. The highest BCUT2D eigenvalue weighted by molar-refractivity contribution is 4.70. The number of rotatable bonds is 2. The molecule has 1 aliphatic rings. The third-order valence-corrected chi connectivity index (χ3v) is 2.25. The zero-order chi connectivity index (χ0) is 8.27. The highest BCUT2D eigenvalue weighted by Crippen LogP contribution is 2.15. The van der Waals surface area contributed by atoms with Crippen LogP contribution in [0.25, 0.3) is 0 Å². The molecule has 0 aromatic carbocycles. The Morgan fingerprint density at radius 3 is 2.73 bits per heavy atom. The van der Waals surface area contributed by atoms with Gasteiger partial charge in [0.1, 0.15) is 6.23 Å². The van der Waals surface area contributed by atoms with Gasteiger partial charge in [-0.2, -0.15) is 0 Å². The van der Waals surface area contributed by atoms with Crippen LogP contribution in [0.3, 0.4) is 0 Å². The molecule has 1 rings (SSSR count). The van der Waals surface area contributed by atoms with Crippen molar-refractivity contribution in [2.45, 2.75) is 45.9 Å². The summed E-state index contributed by atoms with van der Waals surface area (Å²) in [6.45, 7) is 8.80. The van der Waals surface area contributed by atoms with Gasteiger partial charge in [0.15, 0.2) is 0 Å². The Bertz CT molecular complexity index is 114. The van der Waals surface area contributed by atoms with Gasteiger partial charge in [-0.3, -0.25) is 4.90 Å². The molecule has 0 amide bonds. The minimum absolute atomic E-state index is 0.378. The molecule has 1 unspecified atom stereocenters. The van der Waals surface area contributed by atoms with Crippen LogP contribution in [0, 0.1) is 0 Å². The van der Waals surface area contributed by atoms with Gasteiger partial charge in [0, 0.05) is 19.2 Å². The second-order valence-electron chi connectivity index (χ2n) is 3.42. The average Bonchev–Trinajstić information content (AvgIpc) is 2.04. The quantitative estimate of drug-likeness (QED) is 0.606. The molecule has 1 heterocycles. The standard InChI is InChI=1S/C9H19NO/c1-4-9-10(8(2)3)6-5-7-11-9/h8-9H,4-7H2,1-3H3. The Morgan fingerprint density at radius 1 is 1.55 bits per heavy atom. The van der Waals surface area contributed by atoms with Crippen LogP contribution in [0.1, 0.15) is 33.6 Å². The number of ether oxygens (including phenoxy) is 1. The molecule has 11 heavy (non-hydrogen) atoms. The molecule has 1 fully saturated rings. The van der Waals surface area contributed by atoms with Gasteiger partial charge in [-0.1, -0.05) is 6.92 Å². The molecule has 2 heteroatoms. The van der Waals surface area contributed by atoms with Gasteiger partial charge < -0.3 is 4.74 Å². The molecule has 1 aliphatic heterocycles. The van der Waals surface area contributed by atoms with Crippen molar-refractivity contribution in [3.63, 3.8) is 0 Å². The van der Waals surface area contributed by atoms with Crippen LogP contribution in [0.5, 0.6) is 0 Å². The summed E-state index contributed by atoms with van der Waals surface area (Å²) in [7, 11) is 0. The lowest BCUT2D eigenvalue weighted by Crippen LogP contribution is -2.46. The maximum absolute atomic E-state index is 5.63. The average molecular weight is 157 g/mol. The molecule has 0 saturated carbocycles. The first-order valence-corrected chi connectivity index (χ1v) is 4.63. The molecule has 1 atom stereocenters. The molecule has 0 spiro atoms. The first-order chi connectivity index (χ1) is 5.25. The molecule has 2 nitrogen and oxygen atoms in total. The van der Waals surface area contributed by atoms with E-state index in [1.54, 1.807) is 0 Å². The van der Waals surface area contributed by atoms with Gasteiger partial charge in [-0.25, -0.2) is 0 Å². The number of hydrogen-bond donors (Lipinski definition) is 0. The second-order valence-corrected chi connectivity index (χ2v) is 3.42. The second kappa shape index (κ2) is 4.07. The predicted molar refractivity (Wildman–Crippen MR) is 46.5 cm³/mol. The van der Waals surface area contributed by atoms with Gasteiger partial charge >= 0.3 is 0 Å². The van der Waals surface area contributed by atoms with E-state index >= 15 is 0 Å². The smallest absolute Gasteiger partial charge is 0.110 e. The van der Waals surface area contributed by atoms with Crippen molar-refractivity contribution in [2.24, 2.45) is 0 Å². The van der Waals surface area contributed by atoms with Crippen molar-refractivity contribution >= 4 is 0 Å². The van der Waals surface area contributed by atoms with E-state index in [2.05, 4.69) is 25.7 Å². The van der Waals surface area contributed by atoms with Crippen LogP contribution in [-0.4, -0.2) is 30.3 Å². The Kier molecular flexibility index (Phi) is 3.34. The van der Waals surface area contributed by atoms with Crippen molar-refractivity contribution in [1.29, 1.82) is 0 Å². The molecule has 0 aromatic rings. The summed E-state index contributed by atoms with van der Waals surface area (Å²) in [5.41, 5.74) is 0. The van der Waals surface area contributed by atoms with Gasteiger partial charge in [-0.05, 0) is 26.7 Å². The summed E-state index contributed by atoms with van der Waals surface area (Å²) < 4.78 is 5.63. The molecule has 0 bridgehead atoms.